The maximum Gasteiger partial charge on any atom is 0.252 e. The fourth-order valence-electron chi connectivity index (χ4n) is 2.25. The van der Waals surface area contributed by atoms with Gasteiger partial charge in [0.15, 0.2) is 0 Å². The van der Waals surface area contributed by atoms with E-state index in [2.05, 4.69) is 62.4 Å². The Labute approximate surface area is 144 Å². The van der Waals surface area contributed by atoms with Gasteiger partial charge in [0.1, 0.15) is 0 Å². The van der Waals surface area contributed by atoms with Crippen molar-refractivity contribution in [1.29, 1.82) is 0 Å². The van der Waals surface area contributed by atoms with Crippen molar-refractivity contribution < 1.29 is 4.79 Å². The summed E-state index contributed by atoms with van der Waals surface area (Å²) in [5, 5.41) is 6.21. The highest BCUT2D eigenvalue weighted by Crippen LogP contribution is 2.24. The van der Waals surface area contributed by atoms with Gasteiger partial charge in [-0.1, -0.05) is 46.8 Å². The number of rotatable bonds is 5. The molecule has 128 valence electrons. The van der Waals surface area contributed by atoms with Crippen LogP contribution in [0.15, 0.2) is 42.7 Å². The van der Waals surface area contributed by atoms with Crippen LogP contribution in [-0.4, -0.2) is 17.4 Å². The Kier molecular flexibility index (Phi) is 5.60. The van der Waals surface area contributed by atoms with Gasteiger partial charge < -0.3 is 10.6 Å². The lowest BCUT2D eigenvalue weighted by Gasteiger charge is -2.19. The lowest BCUT2D eigenvalue weighted by Crippen LogP contribution is -2.27. The maximum absolute atomic E-state index is 12.1. The second-order valence-electron chi connectivity index (χ2n) is 7.52. The van der Waals surface area contributed by atoms with Gasteiger partial charge in [-0.25, -0.2) is 0 Å². The third-order valence-electron chi connectivity index (χ3n) is 3.71. The van der Waals surface area contributed by atoms with Crippen molar-refractivity contribution in [2.75, 3.05) is 11.9 Å². The van der Waals surface area contributed by atoms with E-state index in [1.54, 1.807) is 12.4 Å². The van der Waals surface area contributed by atoms with Crippen LogP contribution in [0.4, 0.5) is 11.4 Å². The van der Waals surface area contributed by atoms with Gasteiger partial charge in [0.05, 0.1) is 17.4 Å². The monoisotopic (exact) mass is 325 g/mol. The molecule has 1 aromatic carbocycles. The van der Waals surface area contributed by atoms with Gasteiger partial charge in [0.25, 0.3) is 5.91 Å². The number of aromatic nitrogens is 1. The second kappa shape index (κ2) is 7.47. The Balaban J connectivity index is 2.08. The minimum atomic E-state index is -0.0945. The molecule has 0 saturated heterocycles. The first kappa shape index (κ1) is 18.0. The van der Waals surface area contributed by atoms with E-state index in [0.29, 0.717) is 18.0 Å². The van der Waals surface area contributed by atoms with Crippen LogP contribution >= 0.6 is 0 Å². The summed E-state index contributed by atoms with van der Waals surface area (Å²) >= 11 is 0. The summed E-state index contributed by atoms with van der Waals surface area (Å²) in [4.78, 5) is 16.3. The smallest absolute Gasteiger partial charge is 0.252 e. The zero-order valence-electron chi connectivity index (χ0n) is 15.2. The molecule has 4 heteroatoms. The lowest BCUT2D eigenvalue weighted by atomic mass is 9.87. The second-order valence-corrected chi connectivity index (χ2v) is 7.52. The first-order valence-electron chi connectivity index (χ1n) is 8.36. The number of hydrogen-bond donors (Lipinski definition) is 2. The SMILES string of the molecule is CC(C)CNC(=O)c1cncc(Nc2ccc(C(C)(C)C)cc2)c1. The van der Waals surface area contributed by atoms with Crippen LogP contribution < -0.4 is 10.6 Å². The van der Waals surface area contributed by atoms with Gasteiger partial charge in [-0.05, 0) is 35.1 Å². The predicted molar refractivity (Wildman–Crippen MR) is 99.8 cm³/mol. The summed E-state index contributed by atoms with van der Waals surface area (Å²) in [6, 6.07) is 10.2. The van der Waals surface area contributed by atoms with E-state index in [1.807, 2.05) is 18.2 Å². The molecule has 0 fully saturated rings. The maximum atomic E-state index is 12.1. The summed E-state index contributed by atoms with van der Waals surface area (Å²) in [6.45, 7) is 11.4. The van der Waals surface area contributed by atoms with Crippen molar-refractivity contribution in [2.24, 2.45) is 5.92 Å². The summed E-state index contributed by atoms with van der Waals surface area (Å²) in [7, 11) is 0. The van der Waals surface area contributed by atoms with E-state index in [4.69, 9.17) is 0 Å². The van der Waals surface area contributed by atoms with E-state index in [1.165, 1.54) is 5.56 Å². The first-order chi connectivity index (χ1) is 11.3. The van der Waals surface area contributed by atoms with Gasteiger partial charge in [0.2, 0.25) is 0 Å². The molecule has 2 rings (SSSR count). The highest BCUT2D eigenvalue weighted by molar-refractivity contribution is 5.94. The fourth-order valence-corrected chi connectivity index (χ4v) is 2.25. The fraction of sp³-hybridized carbons (Fsp3) is 0.400. The molecule has 0 aliphatic rings. The standard InChI is InChI=1S/C20H27N3O/c1-14(2)11-22-19(24)15-10-18(13-21-12-15)23-17-8-6-16(7-9-17)20(3,4)5/h6-10,12-14,23H,11H2,1-5H3,(H,22,24). The molecule has 1 aromatic heterocycles. The Morgan fingerprint density at radius 1 is 1.08 bits per heavy atom. The van der Waals surface area contributed by atoms with Crippen LogP contribution in [0.2, 0.25) is 0 Å². The van der Waals surface area contributed by atoms with Crippen LogP contribution in [0.5, 0.6) is 0 Å². The zero-order chi connectivity index (χ0) is 17.7. The minimum absolute atomic E-state index is 0.0945. The third kappa shape index (κ3) is 5.08. The number of amides is 1. The molecule has 1 heterocycles. The number of nitrogens with one attached hydrogen (secondary N) is 2. The van der Waals surface area contributed by atoms with Crippen molar-refractivity contribution in [3.63, 3.8) is 0 Å². The molecular formula is C20H27N3O. The number of carbonyl (C=O) groups is 1. The van der Waals surface area contributed by atoms with Crippen molar-refractivity contribution in [3.8, 4) is 0 Å². The molecule has 4 nitrogen and oxygen atoms in total. The molecule has 0 unspecified atom stereocenters. The summed E-state index contributed by atoms with van der Waals surface area (Å²) < 4.78 is 0. The van der Waals surface area contributed by atoms with E-state index in [0.717, 1.165) is 11.4 Å². The van der Waals surface area contributed by atoms with Crippen LogP contribution in [0.1, 0.15) is 50.5 Å². The third-order valence-corrected chi connectivity index (χ3v) is 3.71. The molecule has 0 bridgehead atoms. The summed E-state index contributed by atoms with van der Waals surface area (Å²) in [5.74, 6) is 0.326. The largest absolute Gasteiger partial charge is 0.354 e. The summed E-state index contributed by atoms with van der Waals surface area (Å²) in [5.41, 5.74) is 3.76. The van der Waals surface area contributed by atoms with E-state index in [9.17, 15) is 4.79 Å². The van der Waals surface area contributed by atoms with Crippen molar-refractivity contribution in [1.82, 2.24) is 10.3 Å². The molecule has 24 heavy (non-hydrogen) atoms. The number of nitrogens with zero attached hydrogens (tertiary/aromatic N) is 1. The van der Waals surface area contributed by atoms with Crippen LogP contribution in [0.25, 0.3) is 0 Å². The number of carbonyl (C=O) groups excluding carboxylic acids is 1. The molecular weight excluding hydrogens is 298 g/mol. The van der Waals surface area contributed by atoms with Crippen LogP contribution in [-0.2, 0) is 5.41 Å². The van der Waals surface area contributed by atoms with E-state index >= 15 is 0 Å². The Morgan fingerprint density at radius 2 is 1.75 bits per heavy atom. The number of hydrogen-bond acceptors (Lipinski definition) is 3. The average molecular weight is 325 g/mol. The van der Waals surface area contributed by atoms with E-state index < -0.39 is 0 Å². The van der Waals surface area contributed by atoms with Crippen LogP contribution in [0.3, 0.4) is 0 Å². The van der Waals surface area contributed by atoms with Gasteiger partial charge in [-0.3, -0.25) is 9.78 Å². The molecule has 1 amide bonds. The highest BCUT2D eigenvalue weighted by Gasteiger charge is 2.13. The van der Waals surface area contributed by atoms with E-state index in [-0.39, 0.29) is 11.3 Å². The Bertz CT molecular complexity index is 685. The van der Waals surface area contributed by atoms with Crippen molar-refractivity contribution in [3.05, 3.63) is 53.9 Å². The number of anilines is 2. The predicted octanol–water partition coefficient (Wildman–Crippen LogP) is 4.51. The molecule has 0 atom stereocenters. The highest BCUT2D eigenvalue weighted by atomic mass is 16.1. The Morgan fingerprint density at radius 3 is 2.33 bits per heavy atom. The molecule has 0 aliphatic heterocycles. The topological polar surface area (TPSA) is 54.0 Å². The van der Waals surface area contributed by atoms with Crippen molar-refractivity contribution >= 4 is 17.3 Å². The number of pyridine rings is 1. The Hall–Kier alpha value is -2.36. The average Bonchev–Trinajstić information content (AvgIpc) is 2.52. The molecule has 0 spiro atoms. The summed E-state index contributed by atoms with van der Waals surface area (Å²) in [6.07, 6.45) is 3.31. The van der Waals surface area contributed by atoms with Gasteiger partial charge in [-0.2, -0.15) is 0 Å². The zero-order valence-corrected chi connectivity index (χ0v) is 15.2. The minimum Gasteiger partial charge on any atom is -0.354 e. The van der Waals surface area contributed by atoms with Gasteiger partial charge in [0, 0.05) is 18.4 Å². The first-order valence-corrected chi connectivity index (χ1v) is 8.36. The van der Waals surface area contributed by atoms with Crippen LogP contribution in [0, 0.1) is 5.92 Å². The van der Waals surface area contributed by atoms with Gasteiger partial charge >= 0.3 is 0 Å². The quantitative estimate of drug-likeness (QED) is 0.850. The number of benzene rings is 1. The van der Waals surface area contributed by atoms with Gasteiger partial charge in [-0.15, -0.1) is 0 Å². The van der Waals surface area contributed by atoms with Crippen molar-refractivity contribution in [2.45, 2.75) is 40.0 Å². The molecule has 2 N–H and O–H groups in total. The molecule has 2 aromatic rings. The molecule has 0 saturated carbocycles. The lowest BCUT2D eigenvalue weighted by molar-refractivity contribution is 0.0948. The normalized spacial score (nSPS) is 11.4. The molecule has 0 aliphatic carbocycles. The molecule has 0 radical (unpaired) electrons.